The first-order valence-electron chi connectivity index (χ1n) is 13.6. The zero-order valence-corrected chi connectivity index (χ0v) is 21.2. The highest BCUT2D eigenvalue weighted by Crippen LogP contribution is 2.25. The largest absolute Gasteiger partial charge is 0.509 e. The Morgan fingerprint density at radius 1 is 0.781 bits per heavy atom. The number of ether oxygens (including phenoxy) is 3. The number of hydrogen-bond acceptors (Lipinski definition) is 5. The van der Waals surface area contributed by atoms with E-state index in [1.165, 1.54) is 44.9 Å². The minimum atomic E-state index is -0.496. The van der Waals surface area contributed by atoms with Gasteiger partial charge in [0.2, 0.25) is 0 Å². The van der Waals surface area contributed by atoms with E-state index in [1.807, 2.05) is 0 Å². The molecule has 0 bridgehead atoms. The Bertz CT molecular complexity index is 479. The third-order valence-corrected chi connectivity index (χ3v) is 6.64. The van der Waals surface area contributed by atoms with Gasteiger partial charge >= 0.3 is 12.1 Å². The molecule has 188 valence electrons. The highest BCUT2D eigenvalue weighted by Gasteiger charge is 2.35. The minimum Gasteiger partial charge on any atom is -0.465 e. The maximum Gasteiger partial charge on any atom is 0.509 e. The lowest BCUT2D eigenvalue weighted by Gasteiger charge is -2.15. The van der Waals surface area contributed by atoms with Crippen LogP contribution >= 0.6 is 0 Å². The third-order valence-electron chi connectivity index (χ3n) is 6.64. The van der Waals surface area contributed by atoms with E-state index in [9.17, 15) is 9.59 Å². The number of carbonyl (C=O) groups is 2. The van der Waals surface area contributed by atoms with Gasteiger partial charge < -0.3 is 14.2 Å². The summed E-state index contributed by atoms with van der Waals surface area (Å²) in [7, 11) is 0. The van der Waals surface area contributed by atoms with Crippen molar-refractivity contribution in [3.05, 3.63) is 0 Å². The van der Waals surface area contributed by atoms with Crippen LogP contribution in [0.25, 0.3) is 0 Å². The number of unbranched alkanes of at least 4 members (excludes halogenated alkanes) is 10. The van der Waals surface area contributed by atoms with E-state index in [2.05, 4.69) is 20.8 Å². The second-order valence-electron chi connectivity index (χ2n) is 9.53. The molecule has 0 N–H and O–H groups in total. The Balaban J connectivity index is 2.04. The van der Waals surface area contributed by atoms with Crippen molar-refractivity contribution < 1.29 is 23.8 Å². The van der Waals surface area contributed by atoms with Gasteiger partial charge in [0, 0.05) is 6.42 Å². The quantitative estimate of drug-likeness (QED) is 0.129. The van der Waals surface area contributed by atoms with Gasteiger partial charge in [0.15, 0.2) is 0 Å². The van der Waals surface area contributed by atoms with Crippen LogP contribution in [0.1, 0.15) is 136 Å². The van der Waals surface area contributed by atoms with E-state index in [0.29, 0.717) is 18.9 Å². The van der Waals surface area contributed by atoms with E-state index in [4.69, 9.17) is 14.2 Å². The van der Waals surface area contributed by atoms with Crippen LogP contribution in [0.4, 0.5) is 4.79 Å². The Morgan fingerprint density at radius 2 is 1.31 bits per heavy atom. The molecule has 0 aliphatic carbocycles. The maximum atomic E-state index is 11.9. The first-order chi connectivity index (χ1) is 15.6. The summed E-state index contributed by atoms with van der Waals surface area (Å²) in [5.74, 6) is 0.463. The van der Waals surface area contributed by atoms with Crippen LogP contribution in [0.3, 0.4) is 0 Å². The topological polar surface area (TPSA) is 61.8 Å². The van der Waals surface area contributed by atoms with E-state index in [-0.39, 0.29) is 18.2 Å². The van der Waals surface area contributed by atoms with E-state index >= 15 is 0 Å². The normalized spacial score (nSPS) is 18.9. The predicted octanol–water partition coefficient (Wildman–Crippen LogP) is 8.13. The molecule has 1 heterocycles. The minimum absolute atomic E-state index is 0.0486. The molecule has 3 atom stereocenters. The number of rotatable bonds is 21. The molecule has 0 aromatic heterocycles. The van der Waals surface area contributed by atoms with Gasteiger partial charge in [-0.25, -0.2) is 4.79 Å². The summed E-state index contributed by atoms with van der Waals surface area (Å²) in [6.07, 6.45) is 19.0. The number of carbonyl (C=O) groups excluding carboxylic acids is 2. The lowest BCUT2D eigenvalue weighted by Crippen LogP contribution is -2.22. The van der Waals surface area contributed by atoms with Gasteiger partial charge in [-0.05, 0) is 44.4 Å². The highest BCUT2D eigenvalue weighted by atomic mass is 16.8. The summed E-state index contributed by atoms with van der Waals surface area (Å²) in [6.45, 7) is 7.18. The van der Waals surface area contributed by atoms with Crippen molar-refractivity contribution in [2.24, 2.45) is 5.92 Å². The Kier molecular flexibility index (Phi) is 17.3. The predicted molar refractivity (Wildman–Crippen MR) is 130 cm³/mol. The first-order valence-corrected chi connectivity index (χ1v) is 13.6. The lowest BCUT2D eigenvalue weighted by atomic mass is 9.99. The van der Waals surface area contributed by atoms with Crippen LogP contribution < -0.4 is 0 Å². The molecule has 1 saturated heterocycles. The lowest BCUT2D eigenvalue weighted by molar-refractivity contribution is -0.145. The average molecular weight is 455 g/mol. The fourth-order valence-corrected chi connectivity index (χ4v) is 4.37. The van der Waals surface area contributed by atoms with Crippen molar-refractivity contribution in [1.82, 2.24) is 0 Å². The van der Waals surface area contributed by atoms with Crippen molar-refractivity contribution in [3.63, 3.8) is 0 Å². The van der Waals surface area contributed by atoms with Crippen molar-refractivity contribution >= 4 is 12.1 Å². The molecule has 5 heteroatoms. The second kappa shape index (κ2) is 19.2. The molecule has 1 aliphatic heterocycles. The molecular weight excluding hydrogens is 404 g/mol. The van der Waals surface area contributed by atoms with Crippen molar-refractivity contribution in [2.75, 3.05) is 6.61 Å². The highest BCUT2D eigenvalue weighted by molar-refractivity contribution is 5.69. The molecule has 1 fully saturated rings. The molecule has 0 amide bonds. The molecule has 0 aromatic carbocycles. The van der Waals surface area contributed by atoms with Gasteiger partial charge in [-0.1, -0.05) is 91.4 Å². The van der Waals surface area contributed by atoms with Crippen LogP contribution in [-0.4, -0.2) is 30.9 Å². The van der Waals surface area contributed by atoms with Gasteiger partial charge in [0.05, 0.1) is 6.61 Å². The fraction of sp³-hybridized carbons (Fsp3) is 0.926. The Morgan fingerprint density at radius 3 is 1.88 bits per heavy atom. The molecule has 5 nitrogen and oxygen atoms in total. The SMILES string of the molecule is CCCCCCCCC1OC(=O)OC1CCCCCCCC(=O)OCC(CC)CCCC. The van der Waals surface area contributed by atoms with E-state index in [0.717, 1.165) is 64.2 Å². The molecule has 1 aliphatic rings. The molecular formula is C27H50O5. The van der Waals surface area contributed by atoms with Crippen LogP contribution in [0.2, 0.25) is 0 Å². The number of esters is 1. The third kappa shape index (κ3) is 14.0. The molecule has 32 heavy (non-hydrogen) atoms. The summed E-state index contributed by atoms with van der Waals surface area (Å²) in [5.41, 5.74) is 0. The summed E-state index contributed by atoms with van der Waals surface area (Å²) in [5, 5.41) is 0. The van der Waals surface area contributed by atoms with Crippen LogP contribution in [-0.2, 0) is 19.0 Å². The van der Waals surface area contributed by atoms with Gasteiger partial charge in [-0.3, -0.25) is 4.79 Å². The summed E-state index contributed by atoms with van der Waals surface area (Å²) < 4.78 is 16.2. The fourth-order valence-electron chi connectivity index (χ4n) is 4.37. The van der Waals surface area contributed by atoms with Gasteiger partial charge in [0.1, 0.15) is 12.2 Å². The number of hydrogen-bond donors (Lipinski definition) is 0. The number of cyclic esters (lactones) is 2. The van der Waals surface area contributed by atoms with Crippen molar-refractivity contribution in [2.45, 2.75) is 149 Å². The van der Waals surface area contributed by atoms with Gasteiger partial charge in [-0.15, -0.1) is 0 Å². The zero-order valence-electron chi connectivity index (χ0n) is 21.2. The van der Waals surface area contributed by atoms with Crippen LogP contribution in [0, 0.1) is 5.92 Å². The smallest absolute Gasteiger partial charge is 0.465 e. The van der Waals surface area contributed by atoms with E-state index in [1.54, 1.807) is 0 Å². The molecule has 3 unspecified atom stereocenters. The molecule has 0 radical (unpaired) electrons. The molecule has 0 saturated carbocycles. The van der Waals surface area contributed by atoms with Gasteiger partial charge in [-0.2, -0.15) is 0 Å². The standard InChI is InChI=1S/C27H50O5/c1-4-7-9-10-12-15-19-24-25(32-27(29)31-24)20-16-13-11-14-17-21-26(28)30-22-23(6-3)18-8-5-2/h23-25H,4-22H2,1-3H3. The van der Waals surface area contributed by atoms with Crippen molar-refractivity contribution in [3.8, 4) is 0 Å². The Hall–Kier alpha value is -1.26. The van der Waals surface area contributed by atoms with Crippen LogP contribution in [0.15, 0.2) is 0 Å². The zero-order chi connectivity index (χ0) is 23.4. The monoisotopic (exact) mass is 454 g/mol. The second-order valence-corrected chi connectivity index (χ2v) is 9.53. The first kappa shape index (κ1) is 28.8. The van der Waals surface area contributed by atoms with E-state index < -0.39 is 6.16 Å². The summed E-state index contributed by atoms with van der Waals surface area (Å²) in [6, 6.07) is 0. The Labute approximate surface area is 197 Å². The molecule has 1 rings (SSSR count). The molecule has 0 aromatic rings. The van der Waals surface area contributed by atoms with Crippen molar-refractivity contribution in [1.29, 1.82) is 0 Å². The molecule has 0 spiro atoms. The average Bonchev–Trinajstić information content (AvgIpc) is 3.14. The summed E-state index contributed by atoms with van der Waals surface area (Å²) >= 11 is 0. The van der Waals surface area contributed by atoms with Crippen LogP contribution in [0.5, 0.6) is 0 Å². The van der Waals surface area contributed by atoms with Gasteiger partial charge in [0.25, 0.3) is 0 Å². The maximum absolute atomic E-state index is 11.9. The summed E-state index contributed by atoms with van der Waals surface area (Å²) in [4.78, 5) is 23.5.